The monoisotopic (exact) mass is 273 g/mol. The number of rotatable bonds is 2. The molecule has 20 heavy (non-hydrogen) atoms. The lowest BCUT2D eigenvalue weighted by molar-refractivity contribution is -0.130. The molecule has 0 saturated carbocycles. The van der Waals surface area contributed by atoms with Gasteiger partial charge in [0, 0.05) is 25.7 Å². The van der Waals surface area contributed by atoms with E-state index in [1.807, 2.05) is 0 Å². The minimum absolute atomic E-state index is 0.0138. The van der Waals surface area contributed by atoms with Crippen LogP contribution in [0.4, 0.5) is 0 Å². The van der Waals surface area contributed by atoms with Gasteiger partial charge in [-0.25, -0.2) is 0 Å². The Labute approximate surface area is 120 Å². The van der Waals surface area contributed by atoms with E-state index in [2.05, 4.69) is 46.7 Å². The molecule has 0 bridgehead atoms. The van der Waals surface area contributed by atoms with Crippen LogP contribution in [0.1, 0.15) is 36.9 Å². The lowest BCUT2D eigenvalue weighted by atomic mass is 9.95. The van der Waals surface area contributed by atoms with Crippen molar-refractivity contribution < 1.29 is 4.79 Å². The molecule has 2 N–H and O–H groups in total. The number of nitrogens with one attached hydrogen (secondary N) is 2. The summed E-state index contributed by atoms with van der Waals surface area (Å²) in [5.41, 5.74) is 2.77. The molecule has 1 aromatic carbocycles. The fourth-order valence-electron chi connectivity index (χ4n) is 3.51. The number of piperazine rings is 1. The topological polar surface area (TPSA) is 44.4 Å². The summed E-state index contributed by atoms with van der Waals surface area (Å²) in [6.07, 6.45) is 1.94. The Kier molecular flexibility index (Phi) is 4.03. The van der Waals surface area contributed by atoms with Gasteiger partial charge < -0.3 is 10.6 Å². The van der Waals surface area contributed by atoms with E-state index in [1.54, 1.807) is 0 Å². The molecule has 1 fully saturated rings. The van der Waals surface area contributed by atoms with Crippen LogP contribution in [0, 0.1) is 0 Å². The molecule has 4 nitrogen and oxygen atoms in total. The highest BCUT2D eigenvalue weighted by Crippen LogP contribution is 2.32. The molecule has 2 aliphatic rings. The van der Waals surface area contributed by atoms with Crippen molar-refractivity contribution in [1.82, 2.24) is 15.5 Å². The van der Waals surface area contributed by atoms with Gasteiger partial charge in [-0.3, -0.25) is 9.69 Å². The van der Waals surface area contributed by atoms with Gasteiger partial charge in [0.1, 0.15) is 0 Å². The number of carbonyl (C=O) groups is 1. The summed E-state index contributed by atoms with van der Waals surface area (Å²) in [6.45, 7) is 5.76. The van der Waals surface area contributed by atoms with Crippen molar-refractivity contribution in [2.24, 2.45) is 0 Å². The largest absolute Gasteiger partial charge is 0.353 e. The third kappa shape index (κ3) is 2.45. The number of hydrogen-bond donors (Lipinski definition) is 2. The van der Waals surface area contributed by atoms with Crippen LogP contribution in [0.15, 0.2) is 24.3 Å². The van der Waals surface area contributed by atoms with Crippen LogP contribution in [-0.4, -0.2) is 36.5 Å². The summed E-state index contributed by atoms with van der Waals surface area (Å²) < 4.78 is 0. The van der Waals surface area contributed by atoms with E-state index in [9.17, 15) is 4.79 Å². The fourth-order valence-corrected chi connectivity index (χ4v) is 3.51. The Balaban J connectivity index is 1.94. The van der Waals surface area contributed by atoms with E-state index < -0.39 is 0 Å². The fraction of sp³-hybridized carbons (Fsp3) is 0.562. The first kappa shape index (κ1) is 13.6. The summed E-state index contributed by atoms with van der Waals surface area (Å²) in [5.74, 6) is 0.188. The summed E-state index contributed by atoms with van der Waals surface area (Å²) in [5, 5.41) is 6.48. The molecule has 4 heteroatoms. The van der Waals surface area contributed by atoms with Gasteiger partial charge >= 0.3 is 0 Å². The molecular weight excluding hydrogens is 250 g/mol. The molecule has 2 aliphatic heterocycles. The maximum Gasteiger partial charge on any atom is 0.237 e. The quantitative estimate of drug-likeness (QED) is 0.857. The minimum Gasteiger partial charge on any atom is -0.353 e. The van der Waals surface area contributed by atoms with E-state index in [4.69, 9.17) is 0 Å². The van der Waals surface area contributed by atoms with Crippen molar-refractivity contribution in [3.05, 3.63) is 35.4 Å². The maximum absolute atomic E-state index is 12.1. The molecule has 2 heterocycles. The zero-order valence-corrected chi connectivity index (χ0v) is 12.1. The molecule has 2 unspecified atom stereocenters. The number of fused-ring (bicyclic) bond motifs is 1. The lowest BCUT2D eigenvalue weighted by Crippen LogP contribution is -2.56. The molecule has 0 spiro atoms. The Morgan fingerprint density at radius 3 is 3.00 bits per heavy atom. The lowest BCUT2D eigenvalue weighted by Gasteiger charge is -2.40. The first-order valence-electron chi connectivity index (χ1n) is 7.63. The molecule has 1 amide bonds. The number of amides is 1. The standard InChI is InChI=1S/C16H23N3O/c1-2-14-16(20)18-9-10-19(14)15-7-8-17-11-12-5-3-4-6-13(12)15/h3-6,14-15,17H,2,7-11H2,1H3,(H,18,20). The molecule has 108 valence electrons. The van der Waals surface area contributed by atoms with Gasteiger partial charge in [-0.1, -0.05) is 31.2 Å². The number of benzene rings is 1. The van der Waals surface area contributed by atoms with Crippen molar-refractivity contribution in [2.75, 3.05) is 19.6 Å². The van der Waals surface area contributed by atoms with Crippen LogP contribution >= 0.6 is 0 Å². The third-order valence-electron chi connectivity index (χ3n) is 4.48. The molecule has 3 rings (SSSR count). The summed E-state index contributed by atoms with van der Waals surface area (Å²) in [4.78, 5) is 14.5. The van der Waals surface area contributed by atoms with Gasteiger partial charge in [-0.2, -0.15) is 0 Å². The normalized spacial score (nSPS) is 27.6. The molecular formula is C16H23N3O. The molecule has 0 aromatic heterocycles. The van der Waals surface area contributed by atoms with Gasteiger partial charge in [0.15, 0.2) is 0 Å². The van der Waals surface area contributed by atoms with Crippen LogP contribution in [0.25, 0.3) is 0 Å². The predicted octanol–water partition coefficient (Wildman–Crippen LogP) is 1.43. The van der Waals surface area contributed by atoms with Crippen LogP contribution < -0.4 is 10.6 Å². The Morgan fingerprint density at radius 2 is 2.15 bits per heavy atom. The summed E-state index contributed by atoms with van der Waals surface area (Å²) in [6, 6.07) is 9.01. The summed E-state index contributed by atoms with van der Waals surface area (Å²) >= 11 is 0. The van der Waals surface area contributed by atoms with Crippen molar-refractivity contribution >= 4 is 5.91 Å². The van der Waals surface area contributed by atoms with Crippen molar-refractivity contribution in [3.8, 4) is 0 Å². The average molecular weight is 273 g/mol. The zero-order chi connectivity index (χ0) is 13.9. The summed E-state index contributed by atoms with van der Waals surface area (Å²) in [7, 11) is 0. The van der Waals surface area contributed by atoms with Crippen molar-refractivity contribution in [2.45, 2.75) is 38.4 Å². The Morgan fingerprint density at radius 1 is 1.30 bits per heavy atom. The van der Waals surface area contributed by atoms with Gasteiger partial charge in [0.2, 0.25) is 5.91 Å². The SMILES string of the molecule is CCC1C(=O)NCCN1C1CCNCc2ccccc21. The van der Waals surface area contributed by atoms with Crippen LogP contribution in [-0.2, 0) is 11.3 Å². The minimum atomic E-state index is 0.0138. The predicted molar refractivity (Wildman–Crippen MR) is 79.3 cm³/mol. The van der Waals surface area contributed by atoms with E-state index in [0.29, 0.717) is 6.04 Å². The molecule has 2 atom stereocenters. The highest BCUT2D eigenvalue weighted by atomic mass is 16.2. The van der Waals surface area contributed by atoms with E-state index in [1.165, 1.54) is 11.1 Å². The second-order valence-electron chi connectivity index (χ2n) is 5.63. The molecule has 1 saturated heterocycles. The average Bonchev–Trinajstić information content (AvgIpc) is 2.69. The van der Waals surface area contributed by atoms with Crippen LogP contribution in [0.5, 0.6) is 0 Å². The van der Waals surface area contributed by atoms with Gasteiger partial charge in [-0.05, 0) is 30.5 Å². The Hall–Kier alpha value is -1.39. The molecule has 0 radical (unpaired) electrons. The number of carbonyl (C=O) groups excluding carboxylic acids is 1. The number of hydrogen-bond acceptors (Lipinski definition) is 3. The van der Waals surface area contributed by atoms with Crippen LogP contribution in [0.2, 0.25) is 0 Å². The van der Waals surface area contributed by atoms with E-state index in [-0.39, 0.29) is 11.9 Å². The van der Waals surface area contributed by atoms with Gasteiger partial charge in [0.25, 0.3) is 0 Å². The van der Waals surface area contributed by atoms with E-state index in [0.717, 1.165) is 39.0 Å². The highest BCUT2D eigenvalue weighted by Gasteiger charge is 2.34. The first-order chi connectivity index (χ1) is 9.81. The second kappa shape index (κ2) is 5.94. The highest BCUT2D eigenvalue weighted by molar-refractivity contribution is 5.82. The van der Waals surface area contributed by atoms with Gasteiger partial charge in [0.05, 0.1) is 6.04 Å². The molecule has 1 aromatic rings. The smallest absolute Gasteiger partial charge is 0.237 e. The van der Waals surface area contributed by atoms with Crippen LogP contribution in [0.3, 0.4) is 0 Å². The maximum atomic E-state index is 12.1. The van der Waals surface area contributed by atoms with E-state index >= 15 is 0 Å². The first-order valence-corrected chi connectivity index (χ1v) is 7.63. The zero-order valence-electron chi connectivity index (χ0n) is 12.1. The number of nitrogens with zero attached hydrogens (tertiary/aromatic N) is 1. The molecule has 0 aliphatic carbocycles. The van der Waals surface area contributed by atoms with Gasteiger partial charge in [-0.15, -0.1) is 0 Å². The third-order valence-corrected chi connectivity index (χ3v) is 4.48. The van der Waals surface area contributed by atoms with Crippen molar-refractivity contribution in [3.63, 3.8) is 0 Å². The Bertz CT molecular complexity index is 488. The van der Waals surface area contributed by atoms with Crippen molar-refractivity contribution in [1.29, 1.82) is 0 Å². The second-order valence-corrected chi connectivity index (χ2v) is 5.63.